The fourth-order valence-electron chi connectivity index (χ4n) is 3.35. The summed E-state index contributed by atoms with van der Waals surface area (Å²) in [6, 6.07) is 2.43. The van der Waals surface area contributed by atoms with E-state index in [9.17, 15) is 4.79 Å². The SMILES string of the molecule is CCC1c2ccsc2CCN1C(=O)C(CN)CC(C)(C)C. The van der Waals surface area contributed by atoms with Crippen LogP contribution in [-0.2, 0) is 11.2 Å². The van der Waals surface area contributed by atoms with Crippen molar-refractivity contribution in [2.45, 2.75) is 53.0 Å². The summed E-state index contributed by atoms with van der Waals surface area (Å²) in [6.45, 7) is 9.97. The van der Waals surface area contributed by atoms with Crippen LogP contribution >= 0.6 is 11.3 Å². The fraction of sp³-hybridized carbons (Fsp3) is 0.706. The van der Waals surface area contributed by atoms with Gasteiger partial charge < -0.3 is 10.6 Å². The van der Waals surface area contributed by atoms with E-state index in [0.717, 1.165) is 25.8 Å². The molecule has 0 saturated heterocycles. The molecule has 2 N–H and O–H groups in total. The number of carbonyl (C=O) groups is 1. The number of fused-ring (bicyclic) bond motifs is 1. The van der Waals surface area contributed by atoms with Gasteiger partial charge in [-0.15, -0.1) is 11.3 Å². The topological polar surface area (TPSA) is 46.3 Å². The Balaban J connectivity index is 2.18. The molecule has 1 aromatic rings. The van der Waals surface area contributed by atoms with Gasteiger partial charge in [0.1, 0.15) is 0 Å². The van der Waals surface area contributed by atoms with Crippen LogP contribution in [0.25, 0.3) is 0 Å². The Morgan fingerprint density at radius 2 is 2.24 bits per heavy atom. The Hall–Kier alpha value is -0.870. The van der Waals surface area contributed by atoms with Crippen molar-refractivity contribution in [3.8, 4) is 0 Å². The minimum Gasteiger partial charge on any atom is -0.335 e. The third-order valence-corrected chi connectivity index (χ3v) is 5.25. The second kappa shape index (κ2) is 6.49. The minimum atomic E-state index is -0.0563. The molecule has 0 saturated carbocycles. The third-order valence-electron chi connectivity index (χ3n) is 4.26. The van der Waals surface area contributed by atoms with Crippen LogP contribution in [0.5, 0.6) is 0 Å². The summed E-state index contributed by atoms with van der Waals surface area (Å²) >= 11 is 1.82. The molecule has 2 unspecified atom stereocenters. The van der Waals surface area contributed by atoms with Gasteiger partial charge in [-0.3, -0.25) is 4.79 Å². The quantitative estimate of drug-likeness (QED) is 0.924. The van der Waals surface area contributed by atoms with E-state index in [0.29, 0.717) is 6.54 Å². The first-order valence-electron chi connectivity index (χ1n) is 7.94. The summed E-state index contributed by atoms with van der Waals surface area (Å²) in [6.07, 6.45) is 2.82. The third kappa shape index (κ3) is 3.67. The molecule has 2 rings (SSSR count). The maximum atomic E-state index is 13.0. The lowest BCUT2D eigenvalue weighted by Crippen LogP contribution is -2.45. The summed E-state index contributed by atoms with van der Waals surface area (Å²) in [4.78, 5) is 16.5. The molecular formula is C17H28N2OS. The molecule has 21 heavy (non-hydrogen) atoms. The molecule has 2 heterocycles. The van der Waals surface area contributed by atoms with Gasteiger partial charge in [0.2, 0.25) is 5.91 Å². The van der Waals surface area contributed by atoms with E-state index < -0.39 is 0 Å². The molecule has 3 nitrogen and oxygen atoms in total. The summed E-state index contributed by atoms with van der Waals surface area (Å²) in [7, 11) is 0. The second-order valence-corrected chi connectivity index (χ2v) is 8.20. The molecule has 0 bridgehead atoms. The number of rotatable bonds is 4. The minimum absolute atomic E-state index is 0.0563. The number of amides is 1. The van der Waals surface area contributed by atoms with Gasteiger partial charge in [-0.1, -0.05) is 27.7 Å². The van der Waals surface area contributed by atoms with Gasteiger partial charge in [-0.2, -0.15) is 0 Å². The molecule has 0 spiro atoms. The Morgan fingerprint density at radius 3 is 2.81 bits per heavy atom. The number of nitrogens with two attached hydrogens (primary N) is 1. The number of nitrogens with zero attached hydrogens (tertiary/aromatic N) is 1. The lowest BCUT2D eigenvalue weighted by molar-refractivity contribution is -0.139. The van der Waals surface area contributed by atoms with Gasteiger partial charge >= 0.3 is 0 Å². The van der Waals surface area contributed by atoms with E-state index in [1.54, 1.807) is 0 Å². The van der Waals surface area contributed by atoms with Gasteiger partial charge in [-0.25, -0.2) is 0 Å². The average molecular weight is 308 g/mol. The largest absolute Gasteiger partial charge is 0.335 e. The Bertz CT molecular complexity index is 489. The number of thiophene rings is 1. The molecule has 1 amide bonds. The molecule has 1 aliphatic heterocycles. The van der Waals surface area contributed by atoms with E-state index in [2.05, 4.69) is 44.0 Å². The molecule has 4 heteroatoms. The summed E-state index contributed by atoms with van der Waals surface area (Å²) in [5.41, 5.74) is 7.39. The van der Waals surface area contributed by atoms with E-state index in [1.165, 1.54) is 10.4 Å². The van der Waals surface area contributed by atoms with Crippen LogP contribution in [0, 0.1) is 11.3 Å². The first kappa shape index (κ1) is 16.5. The normalized spacial score (nSPS) is 20.2. The Labute approximate surface area is 132 Å². The van der Waals surface area contributed by atoms with Crippen LogP contribution in [0.3, 0.4) is 0 Å². The van der Waals surface area contributed by atoms with Crippen molar-refractivity contribution < 1.29 is 4.79 Å². The smallest absolute Gasteiger partial charge is 0.227 e. The molecule has 1 aromatic heterocycles. The zero-order valence-electron chi connectivity index (χ0n) is 13.7. The first-order valence-corrected chi connectivity index (χ1v) is 8.82. The highest BCUT2D eigenvalue weighted by molar-refractivity contribution is 7.10. The van der Waals surface area contributed by atoms with Crippen LogP contribution in [0.4, 0.5) is 0 Å². The lowest BCUT2D eigenvalue weighted by atomic mass is 9.83. The van der Waals surface area contributed by atoms with E-state index >= 15 is 0 Å². The molecule has 2 atom stereocenters. The average Bonchev–Trinajstić information content (AvgIpc) is 2.90. The second-order valence-electron chi connectivity index (χ2n) is 7.20. The summed E-state index contributed by atoms with van der Waals surface area (Å²) in [5.74, 6) is 0.190. The molecular weight excluding hydrogens is 280 g/mol. The number of hydrogen-bond donors (Lipinski definition) is 1. The molecule has 0 aliphatic carbocycles. The zero-order chi connectivity index (χ0) is 15.6. The zero-order valence-corrected chi connectivity index (χ0v) is 14.5. The Kier molecular flexibility index (Phi) is 5.10. The Morgan fingerprint density at radius 1 is 1.52 bits per heavy atom. The summed E-state index contributed by atoms with van der Waals surface area (Å²) in [5, 5.41) is 2.15. The van der Waals surface area contributed by atoms with Crippen molar-refractivity contribution in [1.82, 2.24) is 4.90 Å². The number of carbonyl (C=O) groups excluding carboxylic acids is 1. The van der Waals surface area contributed by atoms with Crippen LogP contribution in [0.2, 0.25) is 0 Å². The van der Waals surface area contributed by atoms with Crippen LogP contribution < -0.4 is 5.73 Å². The van der Waals surface area contributed by atoms with E-state index in [4.69, 9.17) is 5.73 Å². The molecule has 118 valence electrons. The monoisotopic (exact) mass is 308 g/mol. The highest BCUT2D eigenvalue weighted by atomic mass is 32.1. The predicted molar refractivity (Wildman–Crippen MR) is 89.4 cm³/mol. The van der Waals surface area contributed by atoms with Crippen molar-refractivity contribution in [2.24, 2.45) is 17.1 Å². The van der Waals surface area contributed by atoms with Gasteiger partial charge in [0.25, 0.3) is 0 Å². The number of hydrogen-bond acceptors (Lipinski definition) is 3. The van der Waals surface area contributed by atoms with Gasteiger partial charge in [-0.05, 0) is 41.7 Å². The van der Waals surface area contributed by atoms with Gasteiger partial charge in [0.15, 0.2) is 0 Å². The first-order chi connectivity index (χ1) is 9.87. The van der Waals surface area contributed by atoms with Crippen molar-refractivity contribution in [1.29, 1.82) is 0 Å². The standard InChI is InChI=1S/C17H28N2OS/c1-5-14-13-7-9-21-15(13)6-8-19(14)16(20)12(11-18)10-17(2,3)4/h7,9,12,14H,5-6,8,10-11,18H2,1-4H3. The molecule has 0 radical (unpaired) electrons. The van der Waals surface area contributed by atoms with Gasteiger partial charge in [0, 0.05) is 18.0 Å². The predicted octanol–water partition coefficient (Wildman–Crippen LogP) is 3.60. The van der Waals surface area contributed by atoms with Crippen molar-refractivity contribution in [3.63, 3.8) is 0 Å². The van der Waals surface area contributed by atoms with Crippen LogP contribution in [0.15, 0.2) is 11.4 Å². The fourth-order valence-corrected chi connectivity index (χ4v) is 4.27. The van der Waals surface area contributed by atoms with Crippen LogP contribution in [0.1, 0.15) is 57.0 Å². The lowest BCUT2D eigenvalue weighted by Gasteiger charge is -2.38. The highest BCUT2D eigenvalue weighted by Crippen LogP contribution is 2.37. The molecule has 0 aromatic carbocycles. The van der Waals surface area contributed by atoms with Gasteiger partial charge in [0.05, 0.1) is 12.0 Å². The van der Waals surface area contributed by atoms with E-state index in [-0.39, 0.29) is 23.3 Å². The summed E-state index contributed by atoms with van der Waals surface area (Å²) < 4.78 is 0. The highest BCUT2D eigenvalue weighted by Gasteiger charge is 2.34. The molecule has 1 aliphatic rings. The maximum Gasteiger partial charge on any atom is 0.227 e. The van der Waals surface area contributed by atoms with Crippen molar-refractivity contribution >= 4 is 17.2 Å². The van der Waals surface area contributed by atoms with Crippen LogP contribution in [-0.4, -0.2) is 23.9 Å². The maximum absolute atomic E-state index is 13.0. The molecule has 0 fully saturated rings. The van der Waals surface area contributed by atoms with Crippen molar-refractivity contribution in [2.75, 3.05) is 13.1 Å². The van der Waals surface area contributed by atoms with Crippen molar-refractivity contribution in [3.05, 3.63) is 21.9 Å². The van der Waals surface area contributed by atoms with E-state index in [1.807, 2.05) is 11.3 Å².